The summed E-state index contributed by atoms with van der Waals surface area (Å²) in [6.07, 6.45) is 14.6. The molecule has 0 aromatic heterocycles. The third-order valence-corrected chi connectivity index (χ3v) is 5.30. The molecule has 0 heterocycles. The zero-order valence-corrected chi connectivity index (χ0v) is 12.7. The number of nitrogens with zero attached hydrogens (tertiary/aromatic N) is 1. The van der Waals surface area contributed by atoms with Crippen molar-refractivity contribution in [2.24, 2.45) is 5.92 Å². The fraction of sp³-hybridized carbons (Fsp3) is 1.00. The lowest BCUT2D eigenvalue weighted by molar-refractivity contribution is 0.120. The molecule has 0 aromatic rings. The molecule has 2 atom stereocenters. The van der Waals surface area contributed by atoms with E-state index in [9.17, 15) is 0 Å². The zero-order chi connectivity index (χ0) is 13.1. The van der Waals surface area contributed by atoms with Crippen molar-refractivity contribution < 1.29 is 0 Å². The maximum absolute atomic E-state index is 3.82. The number of hydrogen-bond donors (Lipinski definition) is 1. The zero-order valence-electron chi connectivity index (χ0n) is 12.7. The molecule has 3 fully saturated rings. The van der Waals surface area contributed by atoms with Crippen LogP contribution in [0.25, 0.3) is 0 Å². The molecule has 0 saturated heterocycles. The molecule has 0 aromatic carbocycles. The Labute approximate surface area is 119 Å². The summed E-state index contributed by atoms with van der Waals surface area (Å²) >= 11 is 0. The summed E-state index contributed by atoms with van der Waals surface area (Å²) in [5.41, 5.74) is 0. The Hall–Kier alpha value is -0.0800. The van der Waals surface area contributed by atoms with Gasteiger partial charge < -0.3 is 5.32 Å². The van der Waals surface area contributed by atoms with E-state index in [1.165, 1.54) is 70.8 Å². The summed E-state index contributed by atoms with van der Waals surface area (Å²) in [6, 6.07) is 2.56. The Bertz CT molecular complexity index is 270. The predicted molar refractivity (Wildman–Crippen MR) is 81.4 cm³/mol. The summed E-state index contributed by atoms with van der Waals surface area (Å²) < 4.78 is 0. The Balaban J connectivity index is 1.66. The lowest BCUT2D eigenvalue weighted by atomic mass is 9.90. The van der Waals surface area contributed by atoms with E-state index in [0.29, 0.717) is 0 Å². The third-order valence-electron chi connectivity index (χ3n) is 5.30. The lowest BCUT2D eigenvalue weighted by Crippen LogP contribution is -2.52. The van der Waals surface area contributed by atoms with Gasteiger partial charge in [-0.3, -0.25) is 4.90 Å². The molecule has 3 aliphatic carbocycles. The van der Waals surface area contributed by atoms with Gasteiger partial charge in [0.1, 0.15) is 0 Å². The van der Waals surface area contributed by atoms with E-state index in [-0.39, 0.29) is 0 Å². The van der Waals surface area contributed by atoms with E-state index in [1.54, 1.807) is 0 Å². The largest absolute Gasteiger partial charge is 0.313 e. The number of likely N-dealkylation sites (N-methyl/N-ethyl adjacent to an activating group) is 1. The molecular formula is C17H32N2. The molecule has 2 unspecified atom stereocenters. The molecule has 110 valence electrons. The fourth-order valence-electron chi connectivity index (χ4n) is 3.92. The molecule has 2 nitrogen and oxygen atoms in total. The molecule has 19 heavy (non-hydrogen) atoms. The highest BCUT2D eigenvalue weighted by Crippen LogP contribution is 2.38. The van der Waals surface area contributed by atoms with Gasteiger partial charge in [-0.25, -0.2) is 0 Å². The first kappa shape index (κ1) is 13.9. The lowest BCUT2D eigenvalue weighted by Gasteiger charge is -2.39. The van der Waals surface area contributed by atoms with Crippen molar-refractivity contribution in [1.29, 1.82) is 0 Å². The molecule has 0 spiro atoms. The minimum absolute atomic E-state index is 0.768. The molecule has 0 radical (unpaired) electrons. The molecule has 0 aliphatic heterocycles. The fourth-order valence-corrected chi connectivity index (χ4v) is 3.92. The van der Waals surface area contributed by atoms with Gasteiger partial charge >= 0.3 is 0 Å². The van der Waals surface area contributed by atoms with Gasteiger partial charge in [-0.05, 0) is 51.0 Å². The van der Waals surface area contributed by atoms with E-state index in [4.69, 9.17) is 0 Å². The summed E-state index contributed by atoms with van der Waals surface area (Å²) in [5, 5.41) is 3.82. The van der Waals surface area contributed by atoms with Crippen LogP contribution in [0.15, 0.2) is 0 Å². The van der Waals surface area contributed by atoms with Crippen LogP contribution in [0.1, 0.15) is 71.1 Å². The van der Waals surface area contributed by atoms with Gasteiger partial charge in [-0.2, -0.15) is 0 Å². The van der Waals surface area contributed by atoms with E-state index < -0.39 is 0 Å². The average molecular weight is 264 g/mol. The second kappa shape index (κ2) is 6.58. The first-order chi connectivity index (χ1) is 9.38. The highest BCUT2D eigenvalue weighted by molar-refractivity contribution is 4.96. The summed E-state index contributed by atoms with van der Waals surface area (Å²) in [4.78, 5) is 2.94. The quantitative estimate of drug-likeness (QED) is 0.789. The normalized spacial score (nSPS) is 33.2. The highest BCUT2D eigenvalue weighted by atomic mass is 15.2. The second-order valence-corrected chi connectivity index (χ2v) is 7.09. The van der Waals surface area contributed by atoms with Gasteiger partial charge in [0.15, 0.2) is 0 Å². The van der Waals surface area contributed by atoms with Crippen molar-refractivity contribution in [3.63, 3.8) is 0 Å². The maximum atomic E-state index is 3.82. The molecule has 3 aliphatic rings. The smallest absolute Gasteiger partial charge is 0.0252 e. The van der Waals surface area contributed by atoms with E-state index in [0.717, 1.165) is 30.6 Å². The van der Waals surface area contributed by atoms with Crippen LogP contribution in [0.4, 0.5) is 0 Å². The van der Waals surface area contributed by atoms with Crippen molar-refractivity contribution in [2.75, 3.05) is 13.1 Å². The molecular weight excluding hydrogens is 232 g/mol. The molecule has 1 N–H and O–H groups in total. The van der Waals surface area contributed by atoms with Crippen LogP contribution in [-0.2, 0) is 0 Å². The Kier molecular flexibility index (Phi) is 4.81. The second-order valence-electron chi connectivity index (χ2n) is 7.09. The van der Waals surface area contributed by atoms with Gasteiger partial charge in [0, 0.05) is 24.7 Å². The van der Waals surface area contributed by atoms with Gasteiger partial charge in [0.05, 0.1) is 0 Å². The summed E-state index contributed by atoms with van der Waals surface area (Å²) in [7, 11) is 0. The topological polar surface area (TPSA) is 15.3 Å². The molecule has 3 saturated carbocycles. The van der Waals surface area contributed by atoms with Crippen molar-refractivity contribution in [2.45, 2.75) is 89.3 Å². The van der Waals surface area contributed by atoms with Crippen molar-refractivity contribution in [3.8, 4) is 0 Å². The SMILES string of the molecule is CCNC1CCCCCCC1N(CC1CC1)C1CC1. The van der Waals surface area contributed by atoms with Gasteiger partial charge in [-0.1, -0.05) is 32.6 Å². The van der Waals surface area contributed by atoms with E-state index >= 15 is 0 Å². The first-order valence-corrected chi connectivity index (χ1v) is 8.87. The standard InChI is InChI=1S/C17H32N2/c1-2-18-16-7-5-3-4-6-8-17(16)19(15-11-12-15)13-14-9-10-14/h14-18H,2-13H2,1H3. The Morgan fingerprint density at radius 1 is 0.895 bits per heavy atom. The monoisotopic (exact) mass is 264 g/mol. The Morgan fingerprint density at radius 2 is 1.63 bits per heavy atom. The molecule has 0 bridgehead atoms. The molecule has 0 amide bonds. The van der Waals surface area contributed by atoms with E-state index in [2.05, 4.69) is 17.1 Å². The summed E-state index contributed by atoms with van der Waals surface area (Å²) in [5.74, 6) is 1.05. The van der Waals surface area contributed by atoms with Crippen LogP contribution in [0, 0.1) is 5.92 Å². The maximum Gasteiger partial charge on any atom is 0.0252 e. The minimum Gasteiger partial charge on any atom is -0.313 e. The Morgan fingerprint density at radius 3 is 2.26 bits per heavy atom. The first-order valence-electron chi connectivity index (χ1n) is 8.87. The van der Waals surface area contributed by atoms with Crippen LogP contribution in [-0.4, -0.2) is 36.1 Å². The van der Waals surface area contributed by atoms with Crippen molar-refractivity contribution in [3.05, 3.63) is 0 Å². The summed E-state index contributed by atoms with van der Waals surface area (Å²) in [6.45, 7) is 4.83. The predicted octanol–water partition coefficient (Wildman–Crippen LogP) is 3.56. The number of hydrogen-bond acceptors (Lipinski definition) is 2. The molecule has 2 heteroatoms. The highest BCUT2D eigenvalue weighted by Gasteiger charge is 2.39. The van der Waals surface area contributed by atoms with Gasteiger partial charge in [0.2, 0.25) is 0 Å². The average Bonchev–Trinajstić information content (AvgIpc) is 3.25. The van der Waals surface area contributed by atoms with Crippen LogP contribution < -0.4 is 5.32 Å². The number of rotatable bonds is 6. The van der Waals surface area contributed by atoms with Crippen molar-refractivity contribution in [1.82, 2.24) is 10.2 Å². The van der Waals surface area contributed by atoms with Crippen LogP contribution in [0.5, 0.6) is 0 Å². The van der Waals surface area contributed by atoms with E-state index in [1.807, 2.05) is 0 Å². The van der Waals surface area contributed by atoms with Gasteiger partial charge in [0.25, 0.3) is 0 Å². The molecule has 3 rings (SSSR count). The minimum atomic E-state index is 0.768. The van der Waals surface area contributed by atoms with Gasteiger partial charge in [-0.15, -0.1) is 0 Å². The number of nitrogens with one attached hydrogen (secondary N) is 1. The van der Waals surface area contributed by atoms with Crippen molar-refractivity contribution >= 4 is 0 Å². The third kappa shape index (κ3) is 3.95. The van der Waals surface area contributed by atoms with Crippen LogP contribution in [0.3, 0.4) is 0 Å². The van der Waals surface area contributed by atoms with Crippen LogP contribution in [0.2, 0.25) is 0 Å². The van der Waals surface area contributed by atoms with Crippen LogP contribution >= 0.6 is 0 Å².